The van der Waals surface area contributed by atoms with Gasteiger partial charge in [-0.25, -0.2) is 4.98 Å². The van der Waals surface area contributed by atoms with Crippen molar-refractivity contribution in [1.82, 2.24) is 14.6 Å². The molecule has 1 amide bonds. The summed E-state index contributed by atoms with van der Waals surface area (Å²) in [5.74, 6) is 1.31. The molecule has 0 aliphatic heterocycles. The largest absolute Gasteiger partial charge is 0.367 e. The van der Waals surface area contributed by atoms with Gasteiger partial charge in [0.05, 0.1) is 6.20 Å². The van der Waals surface area contributed by atoms with E-state index in [2.05, 4.69) is 20.7 Å². The SMILES string of the molecule is CC(=O)Nc1cc(NC2CCCC2)n2nccc2n1. The van der Waals surface area contributed by atoms with Crippen molar-refractivity contribution < 1.29 is 4.79 Å². The summed E-state index contributed by atoms with van der Waals surface area (Å²) in [5, 5.41) is 10.5. The normalized spacial score (nSPS) is 15.8. The molecule has 1 aliphatic rings. The quantitative estimate of drug-likeness (QED) is 0.885. The lowest BCUT2D eigenvalue weighted by Crippen LogP contribution is -2.18. The maximum Gasteiger partial charge on any atom is 0.222 e. The number of nitrogens with one attached hydrogen (secondary N) is 2. The molecule has 2 aromatic heterocycles. The Bertz CT molecular complexity index is 600. The minimum atomic E-state index is -0.122. The predicted molar refractivity (Wildman–Crippen MR) is 73.2 cm³/mol. The number of carbonyl (C=O) groups excluding carboxylic acids is 1. The Morgan fingerprint density at radius 2 is 2.21 bits per heavy atom. The van der Waals surface area contributed by atoms with E-state index in [0.29, 0.717) is 11.9 Å². The molecule has 3 rings (SSSR count). The molecule has 1 aliphatic carbocycles. The molecular weight excluding hydrogens is 242 g/mol. The van der Waals surface area contributed by atoms with Crippen LogP contribution in [0, 0.1) is 0 Å². The second kappa shape index (κ2) is 4.87. The van der Waals surface area contributed by atoms with E-state index in [9.17, 15) is 4.79 Å². The second-order valence-corrected chi connectivity index (χ2v) is 4.93. The van der Waals surface area contributed by atoms with Crippen molar-refractivity contribution in [3.63, 3.8) is 0 Å². The lowest BCUT2D eigenvalue weighted by molar-refractivity contribution is -0.114. The first-order valence-electron chi connectivity index (χ1n) is 6.61. The van der Waals surface area contributed by atoms with Gasteiger partial charge in [0.2, 0.25) is 5.91 Å². The highest BCUT2D eigenvalue weighted by molar-refractivity contribution is 5.88. The minimum absolute atomic E-state index is 0.122. The molecular formula is C13H17N5O. The summed E-state index contributed by atoms with van der Waals surface area (Å²) in [6, 6.07) is 4.14. The lowest BCUT2D eigenvalue weighted by Gasteiger charge is -2.15. The predicted octanol–water partition coefficient (Wildman–Crippen LogP) is 2.04. The number of nitrogens with zero attached hydrogens (tertiary/aromatic N) is 3. The average molecular weight is 259 g/mol. The molecule has 100 valence electrons. The van der Waals surface area contributed by atoms with E-state index >= 15 is 0 Å². The van der Waals surface area contributed by atoms with Crippen LogP contribution < -0.4 is 10.6 Å². The van der Waals surface area contributed by atoms with Crippen LogP contribution in [0.1, 0.15) is 32.6 Å². The Balaban J connectivity index is 1.94. The van der Waals surface area contributed by atoms with Gasteiger partial charge in [-0.3, -0.25) is 4.79 Å². The van der Waals surface area contributed by atoms with E-state index in [0.717, 1.165) is 11.5 Å². The Kier molecular flexibility index (Phi) is 3.06. The summed E-state index contributed by atoms with van der Waals surface area (Å²) in [6.07, 6.45) is 6.61. The Morgan fingerprint density at radius 3 is 2.95 bits per heavy atom. The second-order valence-electron chi connectivity index (χ2n) is 4.93. The molecule has 6 heteroatoms. The highest BCUT2D eigenvalue weighted by Crippen LogP contribution is 2.23. The first kappa shape index (κ1) is 12.0. The van der Waals surface area contributed by atoms with Gasteiger partial charge < -0.3 is 10.6 Å². The van der Waals surface area contributed by atoms with Gasteiger partial charge in [0, 0.05) is 25.1 Å². The van der Waals surface area contributed by atoms with Gasteiger partial charge in [0.1, 0.15) is 11.6 Å². The van der Waals surface area contributed by atoms with Gasteiger partial charge in [0.15, 0.2) is 5.65 Å². The monoisotopic (exact) mass is 259 g/mol. The summed E-state index contributed by atoms with van der Waals surface area (Å²) in [5.41, 5.74) is 0.728. The van der Waals surface area contributed by atoms with Gasteiger partial charge in [-0.2, -0.15) is 9.61 Å². The first-order valence-corrected chi connectivity index (χ1v) is 6.61. The molecule has 0 unspecified atom stereocenters. The fourth-order valence-electron chi connectivity index (χ4n) is 2.54. The number of hydrogen-bond acceptors (Lipinski definition) is 4. The van der Waals surface area contributed by atoms with Crippen LogP contribution in [0.3, 0.4) is 0 Å². The van der Waals surface area contributed by atoms with Crippen molar-refractivity contribution in [2.75, 3.05) is 10.6 Å². The third-order valence-electron chi connectivity index (χ3n) is 3.37. The van der Waals surface area contributed by atoms with Crippen LogP contribution in [0.15, 0.2) is 18.3 Å². The molecule has 0 radical (unpaired) electrons. The number of carbonyl (C=O) groups is 1. The van der Waals surface area contributed by atoms with Gasteiger partial charge in [-0.05, 0) is 12.8 Å². The van der Waals surface area contributed by atoms with E-state index < -0.39 is 0 Å². The zero-order valence-electron chi connectivity index (χ0n) is 10.9. The van der Waals surface area contributed by atoms with Gasteiger partial charge in [0.25, 0.3) is 0 Å². The molecule has 0 atom stereocenters. The highest BCUT2D eigenvalue weighted by atomic mass is 16.1. The van der Waals surface area contributed by atoms with Crippen LogP contribution in [0.25, 0.3) is 5.65 Å². The van der Waals surface area contributed by atoms with Crippen molar-refractivity contribution in [2.24, 2.45) is 0 Å². The summed E-state index contributed by atoms with van der Waals surface area (Å²) < 4.78 is 1.77. The number of rotatable bonds is 3. The van der Waals surface area contributed by atoms with Crippen LogP contribution in [0.4, 0.5) is 11.6 Å². The van der Waals surface area contributed by atoms with Crippen LogP contribution >= 0.6 is 0 Å². The van der Waals surface area contributed by atoms with Crippen molar-refractivity contribution in [3.05, 3.63) is 18.3 Å². The molecule has 0 saturated heterocycles. The number of aromatic nitrogens is 3. The average Bonchev–Trinajstić information content (AvgIpc) is 2.98. The number of anilines is 2. The number of hydrogen-bond donors (Lipinski definition) is 2. The lowest BCUT2D eigenvalue weighted by atomic mass is 10.2. The summed E-state index contributed by atoms with van der Waals surface area (Å²) in [7, 11) is 0. The van der Waals surface area contributed by atoms with E-state index in [1.165, 1.54) is 32.6 Å². The van der Waals surface area contributed by atoms with Crippen LogP contribution in [-0.4, -0.2) is 26.5 Å². The fraction of sp³-hybridized carbons (Fsp3) is 0.462. The summed E-state index contributed by atoms with van der Waals surface area (Å²) in [4.78, 5) is 15.5. The molecule has 1 fully saturated rings. The maximum atomic E-state index is 11.1. The molecule has 19 heavy (non-hydrogen) atoms. The van der Waals surface area contributed by atoms with Gasteiger partial charge in [-0.1, -0.05) is 12.8 Å². The van der Waals surface area contributed by atoms with E-state index in [4.69, 9.17) is 0 Å². The standard InChI is InChI=1S/C13H17N5O/c1-9(19)15-11-8-13(16-10-4-2-3-5-10)18-12(17-11)6-7-14-18/h6-8,10,16H,2-5H2,1H3,(H,15,17,19). The zero-order valence-corrected chi connectivity index (χ0v) is 10.9. The van der Waals surface area contributed by atoms with Crippen LogP contribution in [0.5, 0.6) is 0 Å². The Morgan fingerprint density at radius 1 is 1.42 bits per heavy atom. The Hall–Kier alpha value is -2.11. The van der Waals surface area contributed by atoms with E-state index in [-0.39, 0.29) is 5.91 Å². The molecule has 2 aromatic rings. The van der Waals surface area contributed by atoms with E-state index in [1.807, 2.05) is 12.1 Å². The maximum absolute atomic E-state index is 11.1. The third-order valence-corrected chi connectivity index (χ3v) is 3.37. The highest BCUT2D eigenvalue weighted by Gasteiger charge is 2.16. The van der Waals surface area contributed by atoms with Gasteiger partial charge in [-0.15, -0.1) is 0 Å². The zero-order chi connectivity index (χ0) is 13.2. The topological polar surface area (TPSA) is 71.3 Å². The van der Waals surface area contributed by atoms with Gasteiger partial charge >= 0.3 is 0 Å². The van der Waals surface area contributed by atoms with Crippen molar-refractivity contribution >= 4 is 23.2 Å². The molecule has 1 saturated carbocycles. The molecule has 2 N–H and O–H groups in total. The number of amides is 1. The Labute approximate surface area is 111 Å². The molecule has 0 spiro atoms. The van der Waals surface area contributed by atoms with Crippen LogP contribution in [-0.2, 0) is 4.79 Å². The number of fused-ring (bicyclic) bond motifs is 1. The van der Waals surface area contributed by atoms with Crippen molar-refractivity contribution in [1.29, 1.82) is 0 Å². The molecule has 6 nitrogen and oxygen atoms in total. The van der Waals surface area contributed by atoms with Crippen LogP contribution in [0.2, 0.25) is 0 Å². The third kappa shape index (κ3) is 2.52. The minimum Gasteiger partial charge on any atom is -0.367 e. The molecule has 2 heterocycles. The smallest absolute Gasteiger partial charge is 0.222 e. The van der Waals surface area contributed by atoms with Crippen molar-refractivity contribution in [2.45, 2.75) is 38.6 Å². The van der Waals surface area contributed by atoms with E-state index in [1.54, 1.807) is 10.7 Å². The summed E-state index contributed by atoms with van der Waals surface area (Å²) in [6.45, 7) is 1.48. The molecule has 0 bridgehead atoms. The molecule has 0 aromatic carbocycles. The fourth-order valence-corrected chi connectivity index (χ4v) is 2.54. The summed E-state index contributed by atoms with van der Waals surface area (Å²) >= 11 is 0. The van der Waals surface area contributed by atoms with Crippen molar-refractivity contribution in [3.8, 4) is 0 Å². The first-order chi connectivity index (χ1) is 9.22.